The zero-order valence-corrected chi connectivity index (χ0v) is 16.0. The summed E-state index contributed by atoms with van der Waals surface area (Å²) >= 11 is 0. The summed E-state index contributed by atoms with van der Waals surface area (Å²) in [6.07, 6.45) is 1.93. The lowest BCUT2D eigenvalue weighted by atomic mass is 10.0. The molecule has 0 aliphatic carbocycles. The van der Waals surface area contributed by atoms with Crippen molar-refractivity contribution in [1.29, 1.82) is 0 Å². The largest absolute Gasteiger partial charge is 0.341 e. The van der Waals surface area contributed by atoms with Crippen molar-refractivity contribution in [1.82, 2.24) is 4.90 Å². The Labute approximate surface area is 159 Å². The number of piperidine rings is 1. The molecule has 27 heavy (non-hydrogen) atoms. The number of amides is 1. The van der Waals surface area contributed by atoms with Gasteiger partial charge < -0.3 is 4.90 Å². The molecule has 2 aromatic carbocycles. The van der Waals surface area contributed by atoms with Crippen molar-refractivity contribution in [2.45, 2.75) is 24.7 Å². The van der Waals surface area contributed by atoms with Crippen LogP contribution < -0.4 is 4.31 Å². The minimum atomic E-state index is -4.08. The van der Waals surface area contributed by atoms with E-state index in [9.17, 15) is 17.6 Å². The normalized spacial score (nSPS) is 17.6. The smallest absolute Gasteiger partial charge is 0.264 e. The molecule has 0 aromatic heterocycles. The summed E-state index contributed by atoms with van der Waals surface area (Å²) in [5, 5.41) is 0. The van der Waals surface area contributed by atoms with Crippen LogP contribution in [0.5, 0.6) is 0 Å². The van der Waals surface area contributed by atoms with E-state index in [0.29, 0.717) is 19.0 Å². The van der Waals surface area contributed by atoms with Crippen LogP contribution in [0.25, 0.3) is 0 Å². The number of hydrogen-bond acceptors (Lipinski definition) is 3. The van der Waals surface area contributed by atoms with Gasteiger partial charge in [0.2, 0.25) is 5.91 Å². The van der Waals surface area contributed by atoms with E-state index in [4.69, 9.17) is 0 Å². The van der Waals surface area contributed by atoms with Gasteiger partial charge >= 0.3 is 0 Å². The molecule has 1 atom stereocenters. The molecule has 0 bridgehead atoms. The molecule has 0 N–H and O–H groups in total. The van der Waals surface area contributed by atoms with E-state index in [0.717, 1.165) is 17.1 Å². The molecule has 0 spiro atoms. The molecule has 1 fully saturated rings. The quantitative estimate of drug-likeness (QED) is 0.787. The van der Waals surface area contributed by atoms with Crippen LogP contribution in [0, 0.1) is 11.7 Å². The maximum absolute atomic E-state index is 14.4. The first kappa shape index (κ1) is 19.4. The lowest BCUT2D eigenvalue weighted by Gasteiger charge is -2.33. The third-order valence-corrected chi connectivity index (χ3v) is 6.51. The molecule has 1 heterocycles. The maximum atomic E-state index is 14.4. The molecule has 1 aliphatic heterocycles. The number of carbonyl (C=O) groups excluding carboxylic acids is 1. The van der Waals surface area contributed by atoms with Crippen molar-refractivity contribution in [3.05, 3.63) is 60.4 Å². The second-order valence-electron chi connectivity index (χ2n) is 6.86. The third-order valence-electron chi connectivity index (χ3n) is 4.74. The number of sulfonamides is 1. The van der Waals surface area contributed by atoms with Gasteiger partial charge in [-0.25, -0.2) is 12.8 Å². The third kappa shape index (κ3) is 4.30. The first-order valence-corrected chi connectivity index (χ1v) is 10.4. The Morgan fingerprint density at radius 1 is 1.15 bits per heavy atom. The number of hydrogen-bond donors (Lipinski definition) is 0. The number of anilines is 1. The van der Waals surface area contributed by atoms with E-state index in [1.165, 1.54) is 30.3 Å². The van der Waals surface area contributed by atoms with Crippen LogP contribution >= 0.6 is 0 Å². The first-order valence-electron chi connectivity index (χ1n) is 8.99. The minimum absolute atomic E-state index is 0.0214. The van der Waals surface area contributed by atoms with Gasteiger partial charge in [0.05, 0.1) is 10.6 Å². The van der Waals surface area contributed by atoms with Crippen LogP contribution in [0.4, 0.5) is 10.1 Å². The highest BCUT2D eigenvalue weighted by molar-refractivity contribution is 7.92. The second-order valence-corrected chi connectivity index (χ2v) is 8.73. The van der Waals surface area contributed by atoms with Gasteiger partial charge in [0, 0.05) is 13.1 Å². The summed E-state index contributed by atoms with van der Waals surface area (Å²) in [4.78, 5) is 14.5. The Bertz CT molecular complexity index is 902. The molecule has 1 aliphatic rings. The van der Waals surface area contributed by atoms with Gasteiger partial charge in [-0.3, -0.25) is 9.10 Å². The zero-order valence-electron chi connectivity index (χ0n) is 15.2. The summed E-state index contributed by atoms with van der Waals surface area (Å²) in [6.45, 7) is 2.83. The van der Waals surface area contributed by atoms with E-state index in [-0.39, 0.29) is 16.5 Å². The van der Waals surface area contributed by atoms with Crippen molar-refractivity contribution in [3.63, 3.8) is 0 Å². The van der Waals surface area contributed by atoms with E-state index < -0.39 is 22.4 Å². The Morgan fingerprint density at radius 3 is 2.48 bits per heavy atom. The number of rotatable bonds is 5. The summed E-state index contributed by atoms with van der Waals surface area (Å²) in [7, 11) is -4.08. The molecule has 7 heteroatoms. The number of carbonyl (C=O) groups is 1. The summed E-state index contributed by atoms with van der Waals surface area (Å²) in [5.41, 5.74) is -0.125. The number of nitrogens with zero attached hydrogens (tertiary/aromatic N) is 2. The van der Waals surface area contributed by atoms with E-state index in [1.807, 2.05) is 0 Å². The highest BCUT2D eigenvalue weighted by Crippen LogP contribution is 2.26. The van der Waals surface area contributed by atoms with Crippen molar-refractivity contribution in [2.24, 2.45) is 5.92 Å². The Morgan fingerprint density at radius 2 is 1.81 bits per heavy atom. The number of para-hydroxylation sites is 1. The molecular weight excluding hydrogens is 367 g/mol. The van der Waals surface area contributed by atoms with Crippen LogP contribution in [0.3, 0.4) is 0 Å². The number of likely N-dealkylation sites (tertiary alicyclic amines) is 1. The van der Waals surface area contributed by atoms with Crippen molar-refractivity contribution >= 4 is 21.6 Å². The van der Waals surface area contributed by atoms with E-state index >= 15 is 0 Å². The first-order chi connectivity index (χ1) is 12.9. The van der Waals surface area contributed by atoms with Crippen LogP contribution in [0.2, 0.25) is 0 Å². The Hall–Kier alpha value is -2.41. The molecule has 0 radical (unpaired) electrons. The fourth-order valence-corrected chi connectivity index (χ4v) is 4.76. The Kier molecular flexibility index (Phi) is 5.79. The molecule has 1 saturated heterocycles. The van der Waals surface area contributed by atoms with Gasteiger partial charge in [-0.1, -0.05) is 37.3 Å². The molecule has 1 unspecified atom stereocenters. The molecule has 5 nitrogen and oxygen atoms in total. The highest BCUT2D eigenvalue weighted by atomic mass is 32.2. The summed E-state index contributed by atoms with van der Waals surface area (Å²) in [6, 6.07) is 13.4. The van der Waals surface area contributed by atoms with Gasteiger partial charge in [0.25, 0.3) is 10.0 Å². The zero-order chi connectivity index (χ0) is 19.4. The van der Waals surface area contributed by atoms with Gasteiger partial charge in [0.15, 0.2) is 0 Å². The predicted octanol–water partition coefficient (Wildman–Crippen LogP) is 3.28. The number of halogens is 1. The van der Waals surface area contributed by atoms with Crippen molar-refractivity contribution in [2.75, 3.05) is 23.9 Å². The molecule has 2 aromatic rings. The number of benzene rings is 2. The lowest BCUT2D eigenvalue weighted by Crippen LogP contribution is -2.46. The van der Waals surface area contributed by atoms with E-state index in [2.05, 4.69) is 6.92 Å². The fraction of sp³-hybridized carbons (Fsp3) is 0.350. The van der Waals surface area contributed by atoms with E-state index in [1.54, 1.807) is 29.2 Å². The van der Waals surface area contributed by atoms with Gasteiger partial charge in [-0.15, -0.1) is 0 Å². The van der Waals surface area contributed by atoms with Gasteiger partial charge in [-0.2, -0.15) is 0 Å². The topological polar surface area (TPSA) is 57.7 Å². The van der Waals surface area contributed by atoms with Crippen molar-refractivity contribution < 1.29 is 17.6 Å². The lowest BCUT2D eigenvalue weighted by molar-refractivity contribution is -0.131. The Balaban J connectivity index is 1.96. The minimum Gasteiger partial charge on any atom is -0.341 e. The van der Waals surface area contributed by atoms with Crippen molar-refractivity contribution in [3.8, 4) is 0 Å². The average Bonchev–Trinajstić information content (AvgIpc) is 2.67. The van der Waals surface area contributed by atoms with Crippen LogP contribution in [0.15, 0.2) is 59.5 Å². The fourth-order valence-electron chi connectivity index (χ4n) is 3.31. The van der Waals surface area contributed by atoms with Gasteiger partial charge in [0.1, 0.15) is 12.4 Å². The van der Waals surface area contributed by atoms with Gasteiger partial charge in [-0.05, 0) is 43.0 Å². The van der Waals surface area contributed by atoms with Crippen LogP contribution in [-0.2, 0) is 14.8 Å². The molecule has 3 rings (SSSR count). The summed E-state index contributed by atoms with van der Waals surface area (Å²) in [5.74, 6) is -0.628. The SMILES string of the molecule is CC1CCCN(C(=O)CN(c2ccccc2F)S(=O)(=O)c2ccccc2)C1. The molecule has 1 amide bonds. The predicted molar refractivity (Wildman–Crippen MR) is 102 cm³/mol. The van der Waals surface area contributed by atoms with Crippen LogP contribution in [-0.4, -0.2) is 38.9 Å². The summed E-state index contributed by atoms with van der Waals surface area (Å²) < 4.78 is 41.6. The molecule has 0 saturated carbocycles. The maximum Gasteiger partial charge on any atom is 0.264 e. The monoisotopic (exact) mass is 390 g/mol. The van der Waals surface area contributed by atoms with Crippen LogP contribution in [0.1, 0.15) is 19.8 Å². The standard InChI is InChI=1S/C20H23FN2O3S/c1-16-8-7-13-22(14-16)20(24)15-23(19-12-6-5-11-18(19)21)27(25,26)17-9-3-2-4-10-17/h2-6,9-12,16H,7-8,13-15H2,1H3. The average molecular weight is 390 g/mol. The molecular formula is C20H23FN2O3S. The second kappa shape index (κ2) is 8.08. The highest BCUT2D eigenvalue weighted by Gasteiger charge is 2.31. The molecule has 144 valence electrons.